The van der Waals surface area contributed by atoms with E-state index in [1.54, 1.807) is 12.1 Å². The average Bonchev–Trinajstić information content (AvgIpc) is 2.68. The van der Waals surface area contributed by atoms with Gasteiger partial charge in [0.1, 0.15) is 5.84 Å². The predicted molar refractivity (Wildman–Crippen MR) is 115 cm³/mol. The Bertz CT molecular complexity index is 1090. The van der Waals surface area contributed by atoms with Crippen molar-refractivity contribution >= 4 is 27.6 Å². The van der Waals surface area contributed by atoms with Gasteiger partial charge in [-0.1, -0.05) is 25.3 Å². The van der Waals surface area contributed by atoms with Crippen LogP contribution in [0.1, 0.15) is 55.1 Å². The van der Waals surface area contributed by atoms with Gasteiger partial charge >= 0.3 is 5.91 Å². The van der Waals surface area contributed by atoms with Gasteiger partial charge in [0.15, 0.2) is 11.5 Å². The molecule has 0 radical (unpaired) electrons. The number of benzene rings is 1. The molecule has 1 aromatic carbocycles. The third-order valence-electron chi connectivity index (χ3n) is 5.00. The van der Waals surface area contributed by atoms with Crippen LogP contribution in [-0.2, 0) is 10.0 Å². The molecule has 1 aliphatic carbocycles. The molecule has 0 atom stereocenters. The van der Waals surface area contributed by atoms with Crippen molar-refractivity contribution in [2.75, 3.05) is 5.73 Å². The van der Waals surface area contributed by atoms with Crippen LogP contribution in [0, 0.1) is 6.92 Å². The molecule has 0 bridgehead atoms. The Balaban J connectivity index is 1.97. The lowest BCUT2D eigenvalue weighted by Gasteiger charge is -2.22. The highest BCUT2D eigenvalue weighted by molar-refractivity contribution is 7.89. The second-order valence-electron chi connectivity index (χ2n) is 7.48. The van der Waals surface area contributed by atoms with Gasteiger partial charge in [-0.2, -0.15) is 4.99 Å². The number of nitrogens with one attached hydrogen (secondary N) is 1. The maximum atomic E-state index is 12.9. The number of carbonyl (C=O) groups is 1. The van der Waals surface area contributed by atoms with Crippen LogP contribution in [-0.4, -0.2) is 36.2 Å². The Morgan fingerprint density at radius 3 is 2.60 bits per heavy atom. The Morgan fingerprint density at radius 1 is 1.23 bits per heavy atom. The van der Waals surface area contributed by atoms with Gasteiger partial charge < -0.3 is 11.5 Å². The highest BCUT2D eigenvalue weighted by Crippen LogP contribution is 2.27. The molecule has 2 aromatic rings. The van der Waals surface area contributed by atoms with Crippen LogP contribution >= 0.6 is 0 Å². The lowest BCUT2D eigenvalue weighted by Crippen LogP contribution is -2.36. The van der Waals surface area contributed by atoms with E-state index < -0.39 is 15.9 Å². The number of nitrogen functional groups attached to an aromatic ring is 1. The molecule has 1 amide bonds. The molecule has 160 valence electrons. The maximum Gasteiger partial charge on any atom is 0.301 e. The summed E-state index contributed by atoms with van der Waals surface area (Å²) >= 11 is 0. The van der Waals surface area contributed by atoms with Crippen molar-refractivity contribution < 1.29 is 13.2 Å². The first-order chi connectivity index (χ1) is 14.2. The molecular weight excluding hydrogens is 404 g/mol. The molecule has 1 heterocycles. The summed E-state index contributed by atoms with van der Waals surface area (Å²) < 4.78 is 28.6. The first-order valence-corrected chi connectivity index (χ1v) is 11.3. The number of anilines is 1. The number of nitrogens with zero attached hydrogens (tertiary/aromatic N) is 3. The fourth-order valence-corrected chi connectivity index (χ4v) is 4.78. The first-order valence-electron chi connectivity index (χ1n) is 9.78. The van der Waals surface area contributed by atoms with Gasteiger partial charge in [0.25, 0.3) is 0 Å². The number of aryl methyl sites for hydroxylation is 1. The highest BCUT2D eigenvalue weighted by Gasteiger charge is 2.23. The molecule has 0 spiro atoms. The van der Waals surface area contributed by atoms with Crippen LogP contribution in [0.15, 0.2) is 34.3 Å². The molecule has 9 nitrogen and oxygen atoms in total. The number of hydrogen-bond acceptors (Lipinski definition) is 6. The Labute approximate surface area is 176 Å². The van der Waals surface area contributed by atoms with Crippen LogP contribution in [0.2, 0.25) is 0 Å². The minimum absolute atomic E-state index is 0.0496. The Morgan fingerprint density at radius 2 is 1.93 bits per heavy atom. The molecule has 1 aromatic heterocycles. The van der Waals surface area contributed by atoms with Crippen molar-refractivity contribution in [3.8, 4) is 11.3 Å². The molecule has 10 heteroatoms. The number of aromatic nitrogens is 2. The van der Waals surface area contributed by atoms with E-state index in [1.165, 1.54) is 19.2 Å². The number of amidine groups is 1. The zero-order valence-corrected chi connectivity index (χ0v) is 17.9. The minimum atomic E-state index is -3.69. The van der Waals surface area contributed by atoms with Gasteiger partial charge in [0.2, 0.25) is 10.0 Å². The summed E-state index contributed by atoms with van der Waals surface area (Å²) in [6, 6.07) is 4.74. The van der Waals surface area contributed by atoms with Crippen molar-refractivity contribution in [3.63, 3.8) is 0 Å². The summed E-state index contributed by atoms with van der Waals surface area (Å²) in [5, 5.41) is 0. The smallest absolute Gasteiger partial charge is 0.301 e. The van der Waals surface area contributed by atoms with Gasteiger partial charge in [-0.05, 0) is 44.4 Å². The molecule has 0 aliphatic heterocycles. The zero-order chi connectivity index (χ0) is 21.9. The number of hydrogen-bond donors (Lipinski definition) is 3. The van der Waals surface area contributed by atoms with Crippen LogP contribution in [0.5, 0.6) is 0 Å². The van der Waals surface area contributed by atoms with Crippen LogP contribution in [0.25, 0.3) is 11.3 Å². The van der Waals surface area contributed by atoms with E-state index in [1.807, 2.05) is 6.92 Å². The fraction of sp³-hybridized carbons (Fsp3) is 0.400. The summed E-state index contributed by atoms with van der Waals surface area (Å²) in [5.41, 5.74) is 12.7. The molecule has 3 rings (SSSR count). The number of sulfonamides is 1. The largest absolute Gasteiger partial charge is 0.387 e. The van der Waals surface area contributed by atoms with E-state index in [9.17, 15) is 13.2 Å². The topological polar surface area (TPSA) is 153 Å². The standard InChI is InChI=1S/C20H26N6O3S/c1-12-8-9-15(30(28,29)26-14-6-4-3-5-7-14)10-16(12)17-11-23-19(22)18(25-17)20(27)24-13(2)21/h8-11,14,26H,3-7H2,1-2H3,(H2,22,23)(H2,21,24,27). The molecule has 0 saturated heterocycles. The van der Waals surface area contributed by atoms with E-state index in [0.717, 1.165) is 37.7 Å². The fourth-order valence-electron chi connectivity index (χ4n) is 3.45. The minimum Gasteiger partial charge on any atom is -0.387 e. The van der Waals surface area contributed by atoms with Crippen LogP contribution < -0.4 is 16.2 Å². The first kappa shape index (κ1) is 21.8. The molecule has 1 fully saturated rings. The summed E-state index contributed by atoms with van der Waals surface area (Å²) in [4.78, 5) is 24.3. The molecule has 1 aliphatic rings. The number of amides is 1. The molecule has 30 heavy (non-hydrogen) atoms. The normalized spacial score (nSPS) is 15.9. The lowest BCUT2D eigenvalue weighted by atomic mass is 9.96. The summed E-state index contributed by atoms with van der Waals surface area (Å²) in [7, 11) is -3.69. The monoisotopic (exact) mass is 430 g/mol. The molecule has 5 N–H and O–H groups in total. The summed E-state index contributed by atoms with van der Waals surface area (Å²) in [6.07, 6.45) is 6.27. The number of nitrogens with two attached hydrogens (primary N) is 2. The van der Waals surface area contributed by atoms with Crippen LogP contribution in [0.4, 0.5) is 5.82 Å². The van der Waals surface area contributed by atoms with Crippen molar-refractivity contribution in [2.24, 2.45) is 10.7 Å². The quantitative estimate of drug-likeness (QED) is 0.485. The molecule has 0 unspecified atom stereocenters. The van der Waals surface area contributed by atoms with E-state index in [0.29, 0.717) is 11.3 Å². The van der Waals surface area contributed by atoms with Crippen LogP contribution in [0.3, 0.4) is 0 Å². The number of aliphatic imine (C=N–C) groups is 1. The lowest BCUT2D eigenvalue weighted by molar-refractivity contribution is 0.0998. The third-order valence-corrected chi connectivity index (χ3v) is 6.52. The van der Waals surface area contributed by atoms with E-state index in [-0.39, 0.29) is 28.3 Å². The van der Waals surface area contributed by atoms with Gasteiger partial charge in [-0.25, -0.2) is 23.1 Å². The van der Waals surface area contributed by atoms with E-state index in [2.05, 4.69) is 19.7 Å². The second-order valence-corrected chi connectivity index (χ2v) is 9.19. The summed E-state index contributed by atoms with van der Waals surface area (Å²) in [5.74, 6) is -0.707. The predicted octanol–water partition coefficient (Wildman–Crippen LogP) is 2.16. The van der Waals surface area contributed by atoms with Crippen molar-refractivity contribution in [1.82, 2.24) is 14.7 Å². The molecule has 1 saturated carbocycles. The Hall–Kier alpha value is -2.85. The maximum absolute atomic E-state index is 12.9. The molecular formula is C20H26N6O3S. The van der Waals surface area contributed by atoms with Crippen molar-refractivity contribution in [2.45, 2.75) is 56.9 Å². The number of rotatable bonds is 5. The van der Waals surface area contributed by atoms with Gasteiger partial charge in [0.05, 0.1) is 16.8 Å². The van der Waals surface area contributed by atoms with E-state index in [4.69, 9.17) is 11.5 Å². The highest BCUT2D eigenvalue weighted by atomic mass is 32.2. The van der Waals surface area contributed by atoms with Gasteiger partial charge in [0, 0.05) is 11.6 Å². The van der Waals surface area contributed by atoms with Gasteiger partial charge in [-0.15, -0.1) is 0 Å². The van der Waals surface area contributed by atoms with Crippen molar-refractivity contribution in [1.29, 1.82) is 0 Å². The SMILES string of the molecule is CC(N)=NC(=O)c1nc(-c2cc(S(=O)(=O)NC3CCCCC3)ccc2C)cnc1N. The number of carbonyl (C=O) groups excluding carboxylic acids is 1. The van der Waals surface area contributed by atoms with E-state index >= 15 is 0 Å². The Kier molecular flexibility index (Phi) is 6.47. The van der Waals surface area contributed by atoms with Gasteiger partial charge in [-0.3, -0.25) is 4.79 Å². The third kappa shape index (κ3) is 5.00. The van der Waals surface area contributed by atoms with Crippen molar-refractivity contribution in [3.05, 3.63) is 35.7 Å². The zero-order valence-electron chi connectivity index (χ0n) is 17.1. The summed E-state index contributed by atoms with van der Waals surface area (Å²) in [6.45, 7) is 3.30. The average molecular weight is 431 g/mol. The second kappa shape index (κ2) is 8.88.